The fraction of sp³-hybridized carbons (Fsp3) is 0.562. The highest BCUT2D eigenvalue weighted by atomic mass is 35.5. The summed E-state index contributed by atoms with van der Waals surface area (Å²) in [5.41, 5.74) is 6.07. The van der Waals surface area contributed by atoms with Gasteiger partial charge in [-0.05, 0) is 37.5 Å². The Morgan fingerprint density at radius 1 is 1.46 bits per heavy atom. The molecule has 0 aliphatic carbocycles. The number of carbonyl (C=O) groups excluding carboxylic acids is 1. The lowest BCUT2D eigenvalue weighted by Gasteiger charge is -2.15. The van der Waals surface area contributed by atoms with Gasteiger partial charge in [-0.1, -0.05) is 11.6 Å². The lowest BCUT2D eigenvalue weighted by atomic mass is 10.2. The number of primary amides is 1. The molecule has 0 radical (unpaired) electrons. The van der Waals surface area contributed by atoms with Crippen molar-refractivity contribution in [2.24, 2.45) is 5.73 Å². The molecule has 1 amide bonds. The summed E-state index contributed by atoms with van der Waals surface area (Å²) in [6.45, 7) is 4.40. The zero-order valence-electron chi connectivity index (χ0n) is 13.7. The largest absolute Gasteiger partial charge is 0.490 e. The van der Waals surface area contributed by atoms with Crippen molar-refractivity contribution in [3.63, 3.8) is 0 Å². The number of amides is 1. The SMILES string of the molecule is CCOc1cc(CNCC2CCCO2)cc(Cl)c1OCC(N)=O.Cl. The smallest absolute Gasteiger partial charge is 0.255 e. The van der Waals surface area contributed by atoms with Gasteiger partial charge in [-0.3, -0.25) is 4.79 Å². The second-order valence-corrected chi connectivity index (χ2v) is 5.77. The molecule has 1 fully saturated rings. The summed E-state index contributed by atoms with van der Waals surface area (Å²) in [6.07, 6.45) is 2.51. The summed E-state index contributed by atoms with van der Waals surface area (Å²) in [7, 11) is 0. The van der Waals surface area contributed by atoms with Gasteiger partial charge in [0.2, 0.25) is 0 Å². The standard InChI is InChI=1S/C16H23ClN2O4.ClH/c1-2-21-14-7-11(8-19-9-12-4-3-5-22-12)6-13(17)16(14)23-10-15(18)20;/h6-7,12,19H,2-5,8-10H2,1H3,(H2,18,20);1H. The quantitative estimate of drug-likeness (QED) is 0.688. The van der Waals surface area contributed by atoms with Crippen molar-refractivity contribution in [1.29, 1.82) is 0 Å². The molecule has 1 aromatic rings. The van der Waals surface area contributed by atoms with Crippen molar-refractivity contribution < 1.29 is 19.0 Å². The van der Waals surface area contributed by atoms with E-state index in [0.29, 0.717) is 29.7 Å². The van der Waals surface area contributed by atoms with E-state index in [1.54, 1.807) is 6.07 Å². The maximum Gasteiger partial charge on any atom is 0.255 e. The van der Waals surface area contributed by atoms with Crippen LogP contribution >= 0.6 is 24.0 Å². The zero-order chi connectivity index (χ0) is 16.7. The molecule has 1 heterocycles. The van der Waals surface area contributed by atoms with Crippen LogP contribution < -0.4 is 20.5 Å². The van der Waals surface area contributed by atoms with Gasteiger partial charge in [0.15, 0.2) is 18.1 Å². The molecule has 8 heteroatoms. The second-order valence-electron chi connectivity index (χ2n) is 5.36. The first kappa shape index (κ1) is 20.8. The number of nitrogens with two attached hydrogens (primary N) is 1. The Hall–Kier alpha value is -1.21. The fourth-order valence-corrected chi connectivity index (χ4v) is 2.74. The third-order valence-electron chi connectivity index (χ3n) is 3.45. The van der Waals surface area contributed by atoms with E-state index in [1.165, 1.54) is 0 Å². The predicted molar refractivity (Wildman–Crippen MR) is 95.2 cm³/mol. The van der Waals surface area contributed by atoms with Crippen LogP contribution in [0.15, 0.2) is 12.1 Å². The minimum atomic E-state index is -0.564. The minimum Gasteiger partial charge on any atom is -0.490 e. The number of hydrogen-bond acceptors (Lipinski definition) is 5. The predicted octanol–water partition coefficient (Wildman–Crippen LogP) is 2.29. The molecule has 3 N–H and O–H groups in total. The monoisotopic (exact) mass is 378 g/mol. The van der Waals surface area contributed by atoms with Crippen molar-refractivity contribution >= 4 is 29.9 Å². The van der Waals surface area contributed by atoms with E-state index >= 15 is 0 Å². The molecule has 1 unspecified atom stereocenters. The summed E-state index contributed by atoms with van der Waals surface area (Å²) in [6, 6.07) is 3.65. The molecule has 1 aliphatic heterocycles. The first-order valence-electron chi connectivity index (χ1n) is 7.78. The van der Waals surface area contributed by atoms with Gasteiger partial charge in [-0.15, -0.1) is 12.4 Å². The van der Waals surface area contributed by atoms with Crippen LogP contribution in [0.4, 0.5) is 0 Å². The van der Waals surface area contributed by atoms with Crippen LogP contribution in [0.25, 0.3) is 0 Å². The molecule has 0 spiro atoms. The van der Waals surface area contributed by atoms with E-state index in [1.807, 2.05) is 13.0 Å². The van der Waals surface area contributed by atoms with E-state index in [2.05, 4.69) is 5.32 Å². The Bertz CT molecular complexity index is 537. The maximum atomic E-state index is 10.9. The summed E-state index contributed by atoms with van der Waals surface area (Å²) in [4.78, 5) is 10.9. The first-order valence-corrected chi connectivity index (χ1v) is 8.16. The van der Waals surface area contributed by atoms with E-state index in [0.717, 1.165) is 31.6 Å². The first-order chi connectivity index (χ1) is 11.1. The van der Waals surface area contributed by atoms with Gasteiger partial charge in [0, 0.05) is 19.7 Å². The second kappa shape index (κ2) is 10.6. The highest BCUT2D eigenvalue weighted by molar-refractivity contribution is 6.32. The Kier molecular flexibility index (Phi) is 9.21. The van der Waals surface area contributed by atoms with Gasteiger partial charge < -0.3 is 25.3 Å². The summed E-state index contributed by atoms with van der Waals surface area (Å²) < 4.78 is 16.5. The van der Waals surface area contributed by atoms with Gasteiger partial charge in [-0.25, -0.2) is 0 Å². The third-order valence-corrected chi connectivity index (χ3v) is 3.73. The van der Waals surface area contributed by atoms with Crippen molar-refractivity contribution in [2.45, 2.75) is 32.4 Å². The Morgan fingerprint density at radius 3 is 2.88 bits per heavy atom. The molecule has 0 aromatic heterocycles. The Morgan fingerprint density at radius 2 is 2.25 bits per heavy atom. The topological polar surface area (TPSA) is 82.8 Å². The average molecular weight is 379 g/mol. The molecular formula is C16H24Cl2N2O4. The van der Waals surface area contributed by atoms with Crippen molar-refractivity contribution in [1.82, 2.24) is 5.32 Å². The van der Waals surface area contributed by atoms with Crippen LogP contribution in [0, 0.1) is 0 Å². The Labute approximate surface area is 153 Å². The number of ether oxygens (including phenoxy) is 3. The molecule has 1 saturated heterocycles. The molecule has 2 rings (SSSR count). The van der Waals surface area contributed by atoms with E-state index < -0.39 is 5.91 Å². The van der Waals surface area contributed by atoms with Crippen LogP contribution in [0.5, 0.6) is 11.5 Å². The molecule has 1 aromatic carbocycles. The van der Waals surface area contributed by atoms with Gasteiger partial charge in [-0.2, -0.15) is 0 Å². The van der Waals surface area contributed by atoms with Gasteiger partial charge >= 0.3 is 0 Å². The van der Waals surface area contributed by atoms with Crippen LogP contribution in [-0.2, 0) is 16.1 Å². The highest BCUT2D eigenvalue weighted by Crippen LogP contribution is 2.36. The normalized spacial score (nSPS) is 16.5. The number of benzene rings is 1. The van der Waals surface area contributed by atoms with Crippen molar-refractivity contribution in [2.75, 3.05) is 26.4 Å². The zero-order valence-corrected chi connectivity index (χ0v) is 15.3. The lowest BCUT2D eigenvalue weighted by Crippen LogP contribution is -2.25. The van der Waals surface area contributed by atoms with Crippen molar-refractivity contribution in [3.05, 3.63) is 22.7 Å². The van der Waals surface area contributed by atoms with Crippen molar-refractivity contribution in [3.8, 4) is 11.5 Å². The van der Waals surface area contributed by atoms with E-state index in [9.17, 15) is 4.79 Å². The maximum absolute atomic E-state index is 10.9. The van der Waals surface area contributed by atoms with Gasteiger partial charge in [0.1, 0.15) is 0 Å². The molecule has 1 aliphatic rings. The minimum absolute atomic E-state index is 0. The van der Waals surface area contributed by atoms with Crippen LogP contribution in [-0.4, -0.2) is 38.4 Å². The van der Waals surface area contributed by atoms with Gasteiger partial charge in [0.05, 0.1) is 17.7 Å². The fourth-order valence-electron chi connectivity index (χ4n) is 2.45. The molecule has 136 valence electrons. The summed E-state index contributed by atoms with van der Waals surface area (Å²) >= 11 is 6.25. The molecule has 24 heavy (non-hydrogen) atoms. The molecule has 0 saturated carbocycles. The van der Waals surface area contributed by atoms with Crippen LogP contribution in [0.1, 0.15) is 25.3 Å². The third kappa shape index (κ3) is 6.36. The number of rotatable bonds is 9. The van der Waals surface area contributed by atoms with Gasteiger partial charge in [0.25, 0.3) is 5.91 Å². The molecular weight excluding hydrogens is 355 g/mol. The number of nitrogens with one attached hydrogen (secondary N) is 1. The molecule has 6 nitrogen and oxygen atoms in total. The highest BCUT2D eigenvalue weighted by Gasteiger charge is 2.16. The van der Waals surface area contributed by atoms with Crippen LogP contribution in [0.3, 0.4) is 0 Å². The number of hydrogen-bond donors (Lipinski definition) is 2. The number of carbonyl (C=O) groups is 1. The van der Waals surface area contributed by atoms with Crippen LogP contribution in [0.2, 0.25) is 5.02 Å². The lowest BCUT2D eigenvalue weighted by molar-refractivity contribution is -0.119. The molecule has 1 atom stereocenters. The Balaban J connectivity index is 0.00000288. The van der Waals surface area contributed by atoms with E-state index in [-0.39, 0.29) is 25.1 Å². The summed E-state index contributed by atoms with van der Waals surface area (Å²) in [5.74, 6) is 0.288. The van der Waals surface area contributed by atoms with E-state index in [4.69, 9.17) is 31.5 Å². The molecule has 0 bridgehead atoms. The number of halogens is 2. The summed E-state index contributed by atoms with van der Waals surface area (Å²) in [5, 5.41) is 3.75. The average Bonchev–Trinajstić information content (AvgIpc) is 3.00.